The Morgan fingerprint density at radius 2 is 2.05 bits per heavy atom. The van der Waals surface area contributed by atoms with Crippen molar-refractivity contribution in [2.45, 2.75) is 31.8 Å². The molecule has 1 aliphatic heterocycles. The Balaban J connectivity index is 1.95. The van der Waals surface area contributed by atoms with E-state index < -0.39 is 6.04 Å². The molecule has 2 unspecified atom stereocenters. The van der Waals surface area contributed by atoms with Crippen LogP contribution in [0.3, 0.4) is 0 Å². The van der Waals surface area contributed by atoms with E-state index in [1.165, 1.54) is 0 Å². The summed E-state index contributed by atoms with van der Waals surface area (Å²) in [5.41, 5.74) is 0.709. The van der Waals surface area contributed by atoms with Gasteiger partial charge in [-0.15, -0.1) is 0 Å². The van der Waals surface area contributed by atoms with E-state index in [9.17, 15) is 9.59 Å². The molecule has 2 fully saturated rings. The lowest BCUT2D eigenvalue weighted by atomic mass is 10.0. The molecular weight excluding hydrogens is 336 g/mol. The number of benzene rings is 1. The Hall–Kier alpha value is -1.56. The summed E-state index contributed by atoms with van der Waals surface area (Å²) in [5.74, 6) is 0.859. The number of hydrogen-bond acceptors (Lipinski definition) is 3. The van der Waals surface area contributed by atoms with Gasteiger partial charge in [-0.25, -0.2) is 0 Å². The SMILES string of the molecule is COc1ccc(N2C(=O)C(C3CC3)NC(=O)C2C)cc1Br. The molecule has 0 spiro atoms. The summed E-state index contributed by atoms with van der Waals surface area (Å²) in [7, 11) is 1.59. The first kappa shape index (κ1) is 14.4. The van der Waals surface area contributed by atoms with Crippen LogP contribution in [0.2, 0.25) is 0 Å². The van der Waals surface area contributed by atoms with Gasteiger partial charge in [0.05, 0.1) is 11.6 Å². The number of anilines is 1. The molecule has 1 aromatic carbocycles. The molecule has 1 N–H and O–H groups in total. The van der Waals surface area contributed by atoms with Crippen LogP contribution in [0.4, 0.5) is 5.69 Å². The maximum atomic E-state index is 12.7. The number of methoxy groups -OCH3 is 1. The minimum absolute atomic E-state index is 0.0262. The molecule has 21 heavy (non-hydrogen) atoms. The van der Waals surface area contributed by atoms with Gasteiger partial charge >= 0.3 is 0 Å². The quantitative estimate of drug-likeness (QED) is 0.905. The lowest BCUT2D eigenvalue weighted by molar-refractivity contribution is -0.133. The summed E-state index contributed by atoms with van der Waals surface area (Å²) in [4.78, 5) is 26.4. The fraction of sp³-hybridized carbons (Fsp3) is 0.467. The lowest BCUT2D eigenvalue weighted by Gasteiger charge is -2.37. The van der Waals surface area contributed by atoms with Crippen molar-refractivity contribution in [2.24, 2.45) is 5.92 Å². The molecule has 2 aliphatic rings. The molecule has 2 amide bonds. The van der Waals surface area contributed by atoms with Crippen LogP contribution in [0.1, 0.15) is 19.8 Å². The monoisotopic (exact) mass is 352 g/mol. The van der Waals surface area contributed by atoms with Gasteiger partial charge < -0.3 is 10.1 Å². The number of carbonyl (C=O) groups excluding carboxylic acids is 2. The molecule has 0 radical (unpaired) electrons. The summed E-state index contributed by atoms with van der Waals surface area (Å²) in [6, 6.07) is 4.52. The molecule has 0 aromatic heterocycles. The lowest BCUT2D eigenvalue weighted by Crippen LogP contribution is -2.63. The zero-order valence-electron chi connectivity index (χ0n) is 11.9. The highest BCUT2D eigenvalue weighted by atomic mass is 79.9. The summed E-state index contributed by atoms with van der Waals surface area (Å²) in [5, 5.41) is 2.85. The second-order valence-electron chi connectivity index (χ2n) is 5.53. The summed E-state index contributed by atoms with van der Waals surface area (Å²) in [6.07, 6.45) is 2.01. The Morgan fingerprint density at radius 3 is 2.62 bits per heavy atom. The highest BCUT2D eigenvalue weighted by Gasteiger charge is 2.46. The number of carbonyl (C=O) groups is 2. The van der Waals surface area contributed by atoms with Crippen molar-refractivity contribution in [2.75, 3.05) is 12.0 Å². The number of halogens is 1. The molecule has 1 saturated carbocycles. The van der Waals surface area contributed by atoms with Crippen LogP contribution < -0.4 is 15.0 Å². The van der Waals surface area contributed by atoms with Crippen LogP contribution in [-0.4, -0.2) is 31.0 Å². The smallest absolute Gasteiger partial charge is 0.250 e. The standard InChI is InChI=1S/C15H17BrN2O3/c1-8-14(19)17-13(9-3-4-9)15(20)18(8)10-5-6-12(21-2)11(16)7-10/h5-9,13H,3-4H2,1-2H3,(H,17,19). The molecule has 112 valence electrons. The molecule has 1 aliphatic carbocycles. The van der Waals surface area contributed by atoms with E-state index in [0.29, 0.717) is 11.4 Å². The van der Waals surface area contributed by atoms with Gasteiger partial charge in [-0.05, 0) is 59.8 Å². The van der Waals surface area contributed by atoms with Gasteiger partial charge in [-0.1, -0.05) is 0 Å². The van der Waals surface area contributed by atoms with Gasteiger partial charge in [0.1, 0.15) is 17.8 Å². The van der Waals surface area contributed by atoms with E-state index in [-0.39, 0.29) is 23.8 Å². The van der Waals surface area contributed by atoms with Crippen LogP contribution in [0.25, 0.3) is 0 Å². The van der Waals surface area contributed by atoms with Gasteiger partial charge in [0, 0.05) is 5.69 Å². The highest BCUT2D eigenvalue weighted by Crippen LogP contribution is 2.37. The number of piperazine rings is 1. The minimum atomic E-state index is -0.507. The Kier molecular flexibility index (Phi) is 3.65. The molecule has 3 rings (SSSR count). The highest BCUT2D eigenvalue weighted by molar-refractivity contribution is 9.10. The average molecular weight is 353 g/mol. The molecule has 2 atom stereocenters. The number of rotatable bonds is 3. The van der Waals surface area contributed by atoms with Crippen molar-refractivity contribution in [3.05, 3.63) is 22.7 Å². The van der Waals surface area contributed by atoms with Gasteiger partial charge in [0.25, 0.3) is 5.91 Å². The van der Waals surface area contributed by atoms with Crippen LogP contribution in [0, 0.1) is 5.92 Å². The third-order valence-corrected chi connectivity index (χ3v) is 4.69. The van der Waals surface area contributed by atoms with Crippen molar-refractivity contribution in [3.63, 3.8) is 0 Å². The minimum Gasteiger partial charge on any atom is -0.496 e. The van der Waals surface area contributed by atoms with Gasteiger partial charge in [-0.2, -0.15) is 0 Å². The first-order valence-corrected chi connectivity index (χ1v) is 7.79. The van der Waals surface area contributed by atoms with E-state index in [1.807, 2.05) is 6.07 Å². The van der Waals surface area contributed by atoms with Gasteiger partial charge in [-0.3, -0.25) is 14.5 Å². The topological polar surface area (TPSA) is 58.6 Å². The first-order valence-electron chi connectivity index (χ1n) is 7.00. The van der Waals surface area contributed by atoms with Crippen molar-refractivity contribution in [1.82, 2.24) is 5.32 Å². The van der Waals surface area contributed by atoms with Crippen molar-refractivity contribution < 1.29 is 14.3 Å². The second kappa shape index (κ2) is 5.33. The number of nitrogens with one attached hydrogen (secondary N) is 1. The van der Waals surface area contributed by atoms with Crippen molar-refractivity contribution in [3.8, 4) is 5.75 Å². The number of hydrogen-bond donors (Lipinski definition) is 1. The van der Waals surface area contributed by atoms with Crippen LogP contribution in [0.15, 0.2) is 22.7 Å². The van der Waals surface area contributed by atoms with Crippen LogP contribution in [0.5, 0.6) is 5.75 Å². The van der Waals surface area contributed by atoms with Gasteiger partial charge in [0.2, 0.25) is 5.91 Å². The molecule has 6 heteroatoms. The molecule has 5 nitrogen and oxygen atoms in total. The zero-order chi connectivity index (χ0) is 15.1. The average Bonchev–Trinajstić information content (AvgIpc) is 3.28. The van der Waals surface area contributed by atoms with E-state index in [2.05, 4.69) is 21.2 Å². The predicted octanol–water partition coefficient (Wildman–Crippen LogP) is 2.09. The van der Waals surface area contributed by atoms with Crippen molar-refractivity contribution in [1.29, 1.82) is 0 Å². The first-order chi connectivity index (χ1) is 10.0. The summed E-state index contributed by atoms with van der Waals surface area (Å²) < 4.78 is 5.96. The molecule has 1 saturated heterocycles. The number of nitrogens with zero attached hydrogens (tertiary/aromatic N) is 1. The van der Waals surface area contributed by atoms with Crippen molar-refractivity contribution >= 4 is 33.4 Å². The normalized spacial score (nSPS) is 25.8. The van der Waals surface area contributed by atoms with Crippen LogP contribution in [-0.2, 0) is 9.59 Å². The van der Waals surface area contributed by atoms with E-state index in [0.717, 1.165) is 17.3 Å². The summed E-state index contributed by atoms with van der Waals surface area (Å²) in [6.45, 7) is 1.74. The predicted molar refractivity (Wildman–Crippen MR) is 82.3 cm³/mol. The molecule has 0 bridgehead atoms. The maximum absolute atomic E-state index is 12.7. The Labute approximate surface area is 131 Å². The zero-order valence-corrected chi connectivity index (χ0v) is 13.5. The maximum Gasteiger partial charge on any atom is 0.250 e. The molecular formula is C15H17BrN2O3. The summed E-state index contributed by atoms with van der Waals surface area (Å²) >= 11 is 3.42. The van der Waals surface area contributed by atoms with E-state index >= 15 is 0 Å². The largest absolute Gasteiger partial charge is 0.496 e. The van der Waals surface area contributed by atoms with E-state index in [1.54, 1.807) is 31.1 Å². The van der Waals surface area contributed by atoms with Crippen LogP contribution >= 0.6 is 15.9 Å². The number of amides is 2. The Bertz CT molecular complexity index is 601. The number of ether oxygens (including phenoxy) is 1. The fourth-order valence-electron chi connectivity index (χ4n) is 2.70. The molecule has 1 heterocycles. The fourth-order valence-corrected chi connectivity index (χ4v) is 3.23. The Morgan fingerprint density at radius 1 is 1.33 bits per heavy atom. The molecule has 1 aromatic rings. The third kappa shape index (κ3) is 2.52. The van der Waals surface area contributed by atoms with Gasteiger partial charge in [0.15, 0.2) is 0 Å². The third-order valence-electron chi connectivity index (χ3n) is 4.07. The van der Waals surface area contributed by atoms with E-state index in [4.69, 9.17) is 4.74 Å². The second-order valence-corrected chi connectivity index (χ2v) is 6.38.